The molecule has 1 heteroatoms. The maximum atomic E-state index is 5.02. The molecule has 1 heterocycles. The molecule has 0 aliphatic rings. The number of rotatable bonds is 0. The van der Waals surface area contributed by atoms with Gasteiger partial charge in [-0.25, -0.2) is 0 Å². The fourth-order valence-electron chi connectivity index (χ4n) is 0.512. The van der Waals surface area contributed by atoms with Gasteiger partial charge in [0.05, 0.1) is 0 Å². The Hall–Kier alpha value is -1.16. The molecule has 1 aromatic rings. The number of aryl methyl sites for hydroxylation is 1. The Morgan fingerprint density at radius 1 is 1.62 bits per heavy atom. The third kappa shape index (κ3) is 0.737. The minimum absolute atomic E-state index is 0.600. The predicted octanol–water partition coefficient (Wildman–Crippen LogP) is 1.57. The van der Waals surface area contributed by atoms with E-state index in [0.29, 0.717) is 5.76 Å². The van der Waals surface area contributed by atoms with Crippen LogP contribution >= 0.6 is 0 Å². The van der Waals surface area contributed by atoms with Crippen LogP contribution < -0.4 is 0 Å². The first-order valence-corrected chi connectivity index (χ1v) is 2.36. The zero-order chi connectivity index (χ0) is 5.98. The average molecular weight is 106 g/mol. The molecule has 0 N–H and O–H groups in total. The van der Waals surface area contributed by atoms with Crippen LogP contribution in [0.1, 0.15) is 11.5 Å². The fourth-order valence-corrected chi connectivity index (χ4v) is 0.512. The van der Waals surface area contributed by atoms with Gasteiger partial charge in [0.25, 0.3) is 0 Å². The first kappa shape index (κ1) is 4.99. The van der Waals surface area contributed by atoms with E-state index in [1.807, 2.05) is 13.0 Å². The highest BCUT2D eigenvalue weighted by Crippen LogP contribution is 2.02. The molecule has 0 aliphatic carbocycles. The molecule has 40 valence electrons. The van der Waals surface area contributed by atoms with Crippen LogP contribution in [0.25, 0.3) is 0 Å². The van der Waals surface area contributed by atoms with Gasteiger partial charge in [0.1, 0.15) is 5.76 Å². The molecule has 0 unspecified atom stereocenters. The van der Waals surface area contributed by atoms with Crippen molar-refractivity contribution in [3.63, 3.8) is 0 Å². The largest absolute Gasteiger partial charge is 0.453 e. The van der Waals surface area contributed by atoms with E-state index in [2.05, 4.69) is 5.92 Å². The van der Waals surface area contributed by atoms with Gasteiger partial charge in [0, 0.05) is 0 Å². The molecular formula is C7H6O. The Labute approximate surface area is 48.3 Å². The van der Waals surface area contributed by atoms with E-state index in [1.54, 1.807) is 6.07 Å². The molecule has 0 aromatic carbocycles. The van der Waals surface area contributed by atoms with Crippen molar-refractivity contribution in [1.29, 1.82) is 0 Å². The van der Waals surface area contributed by atoms with Gasteiger partial charge in [-0.2, -0.15) is 0 Å². The Morgan fingerprint density at radius 3 is 2.62 bits per heavy atom. The molecule has 0 bridgehead atoms. The summed E-state index contributed by atoms with van der Waals surface area (Å²) in [5.41, 5.74) is 0. The fraction of sp³-hybridized carbons (Fsp3) is 0.143. The number of hydrogen-bond donors (Lipinski definition) is 0. The van der Waals surface area contributed by atoms with Crippen molar-refractivity contribution in [2.24, 2.45) is 0 Å². The highest BCUT2D eigenvalue weighted by molar-refractivity contribution is 5.22. The molecule has 1 nitrogen and oxygen atoms in total. The third-order valence-electron chi connectivity index (χ3n) is 0.883. The molecular weight excluding hydrogens is 100 g/mol. The predicted molar refractivity (Wildman–Crippen MR) is 31.4 cm³/mol. The van der Waals surface area contributed by atoms with Crippen LogP contribution in [0.15, 0.2) is 16.5 Å². The van der Waals surface area contributed by atoms with E-state index in [4.69, 9.17) is 10.8 Å². The molecule has 0 aliphatic heterocycles. The van der Waals surface area contributed by atoms with E-state index in [1.165, 1.54) is 0 Å². The van der Waals surface area contributed by atoms with Crippen molar-refractivity contribution < 1.29 is 4.42 Å². The summed E-state index contributed by atoms with van der Waals surface area (Å²) in [6, 6.07) is 3.62. The van der Waals surface area contributed by atoms with Crippen LogP contribution in [0.2, 0.25) is 0 Å². The molecule has 0 spiro atoms. The number of hydrogen-bond acceptors (Lipinski definition) is 1. The van der Waals surface area contributed by atoms with Crippen molar-refractivity contribution in [2.75, 3.05) is 0 Å². The molecule has 1 aromatic heterocycles. The lowest BCUT2D eigenvalue weighted by atomic mass is 10.4. The summed E-state index contributed by atoms with van der Waals surface area (Å²) in [5.74, 6) is 3.84. The maximum absolute atomic E-state index is 5.02. The first-order valence-electron chi connectivity index (χ1n) is 2.36. The van der Waals surface area contributed by atoms with Gasteiger partial charge >= 0.3 is 0 Å². The second-order valence-corrected chi connectivity index (χ2v) is 1.55. The number of terminal acetylenes is 1. The summed E-state index contributed by atoms with van der Waals surface area (Å²) >= 11 is 0. The van der Waals surface area contributed by atoms with Crippen molar-refractivity contribution in [3.05, 3.63) is 23.7 Å². The van der Waals surface area contributed by atoms with Crippen molar-refractivity contribution in [1.82, 2.24) is 0 Å². The normalized spacial score (nSPS) is 8.50. The molecule has 0 saturated heterocycles. The van der Waals surface area contributed by atoms with Gasteiger partial charge in [0.2, 0.25) is 0 Å². The SMILES string of the molecule is C#Cc1ccc(C)o1. The summed E-state index contributed by atoms with van der Waals surface area (Å²) in [6.45, 7) is 1.86. The van der Waals surface area contributed by atoms with Crippen LogP contribution in [-0.4, -0.2) is 0 Å². The smallest absolute Gasteiger partial charge is 0.176 e. The van der Waals surface area contributed by atoms with Crippen LogP contribution in [-0.2, 0) is 0 Å². The molecule has 0 radical (unpaired) electrons. The van der Waals surface area contributed by atoms with Gasteiger partial charge in [-0.15, -0.1) is 6.42 Å². The maximum Gasteiger partial charge on any atom is 0.176 e. The highest BCUT2D eigenvalue weighted by Gasteiger charge is 1.89. The van der Waals surface area contributed by atoms with Gasteiger partial charge in [-0.3, -0.25) is 0 Å². The standard InChI is InChI=1S/C7H6O/c1-3-7-5-4-6(2)8-7/h1,4-5H,2H3. The zero-order valence-electron chi connectivity index (χ0n) is 4.64. The highest BCUT2D eigenvalue weighted by atomic mass is 16.3. The average Bonchev–Trinajstić information content (AvgIpc) is 2.14. The van der Waals surface area contributed by atoms with E-state index in [-0.39, 0.29) is 0 Å². The van der Waals surface area contributed by atoms with E-state index in [9.17, 15) is 0 Å². The van der Waals surface area contributed by atoms with Crippen LogP contribution in [0.4, 0.5) is 0 Å². The van der Waals surface area contributed by atoms with E-state index >= 15 is 0 Å². The lowest BCUT2D eigenvalue weighted by Crippen LogP contribution is -1.57. The summed E-state index contributed by atoms with van der Waals surface area (Å²) in [4.78, 5) is 0. The third-order valence-corrected chi connectivity index (χ3v) is 0.883. The van der Waals surface area contributed by atoms with Crippen LogP contribution in [0.3, 0.4) is 0 Å². The molecule has 0 fully saturated rings. The topological polar surface area (TPSA) is 13.1 Å². The second-order valence-electron chi connectivity index (χ2n) is 1.55. The summed E-state index contributed by atoms with van der Waals surface area (Å²) < 4.78 is 5.00. The monoisotopic (exact) mass is 106 g/mol. The van der Waals surface area contributed by atoms with Gasteiger partial charge in [-0.05, 0) is 25.0 Å². The molecule has 1 rings (SSSR count). The minimum Gasteiger partial charge on any atom is -0.453 e. The van der Waals surface area contributed by atoms with E-state index < -0.39 is 0 Å². The Balaban J connectivity index is 3.05. The Kier molecular flexibility index (Phi) is 1.09. The summed E-state index contributed by atoms with van der Waals surface area (Å²) in [7, 11) is 0. The lowest BCUT2D eigenvalue weighted by Gasteiger charge is -1.76. The molecule has 0 atom stereocenters. The first-order chi connectivity index (χ1) is 3.83. The second kappa shape index (κ2) is 1.75. The van der Waals surface area contributed by atoms with Gasteiger partial charge < -0.3 is 4.42 Å². The van der Waals surface area contributed by atoms with Crippen LogP contribution in [0, 0.1) is 19.3 Å². The van der Waals surface area contributed by atoms with E-state index in [0.717, 1.165) is 5.76 Å². The number of furan rings is 1. The molecule has 0 amide bonds. The molecule has 8 heavy (non-hydrogen) atoms. The van der Waals surface area contributed by atoms with Crippen molar-refractivity contribution in [3.8, 4) is 12.3 Å². The van der Waals surface area contributed by atoms with Crippen molar-refractivity contribution in [2.45, 2.75) is 6.92 Å². The van der Waals surface area contributed by atoms with Gasteiger partial charge in [-0.1, -0.05) is 0 Å². The van der Waals surface area contributed by atoms with Crippen LogP contribution in [0.5, 0.6) is 0 Å². The summed E-state index contributed by atoms with van der Waals surface area (Å²) in [5, 5.41) is 0. The van der Waals surface area contributed by atoms with Gasteiger partial charge in [0.15, 0.2) is 5.76 Å². The quantitative estimate of drug-likeness (QED) is 0.457. The minimum atomic E-state index is 0.600. The van der Waals surface area contributed by atoms with Crippen molar-refractivity contribution >= 4 is 0 Å². The zero-order valence-corrected chi connectivity index (χ0v) is 4.64. The Bertz CT molecular complexity index is 215. The molecule has 0 saturated carbocycles. The Morgan fingerprint density at radius 2 is 2.38 bits per heavy atom. The summed E-state index contributed by atoms with van der Waals surface area (Å²) in [6.07, 6.45) is 5.02. The lowest BCUT2D eigenvalue weighted by molar-refractivity contribution is 0.523.